The van der Waals surface area contributed by atoms with Crippen LogP contribution in [0.4, 0.5) is 0 Å². The fourth-order valence-electron chi connectivity index (χ4n) is 3.52. The van der Waals surface area contributed by atoms with E-state index in [-0.39, 0.29) is 0 Å². The van der Waals surface area contributed by atoms with Gasteiger partial charge in [0, 0.05) is 13.2 Å². The van der Waals surface area contributed by atoms with E-state index in [0.717, 1.165) is 24.9 Å². The quantitative estimate of drug-likeness (QED) is 0.843. The number of methoxy groups -OCH3 is 1. The molecule has 0 bridgehead atoms. The first kappa shape index (κ1) is 13.9. The normalized spacial score (nSPS) is 24.9. The van der Waals surface area contributed by atoms with Crippen molar-refractivity contribution in [3.05, 3.63) is 29.8 Å². The first-order chi connectivity index (χ1) is 9.86. The highest BCUT2D eigenvalue weighted by Gasteiger charge is 2.25. The van der Waals surface area contributed by atoms with Gasteiger partial charge in [0.2, 0.25) is 0 Å². The summed E-state index contributed by atoms with van der Waals surface area (Å²) in [6, 6.07) is 8.49. The molecule has 2 heterocycles. The van der Waals surface area contributed by atoms with E-state index in [4.69, 9.17) is 9.47 Å². The summed E-state index contributed by atoms with van der Waals surface area (Å²) in [4.78, 5) is 2.62. The molecule has 0 amide bonds. The maximum Gasteiger partial charge on any atom is 0.122 e. The molecule has 1 unspecified atom stereocenters. The second-order valence-electron chi connectivity index (χ2n) is 6.05. The van der Waals surface area contributed by atoms with Crippen molar-refractivity contribution >= 4 is 0 Å². The minimum atomic E-state index is 0.655. The number of hydrogen-bond acceptors (Lipinski definition) is 3. The molecule has 0 spiro atoms. The molecule has 0 aliphatic carbocycles. The molecule has 0 N–H and O–H groups in total. The Hall–Kier alpha value is -1.06. The van der Waals surface area contributed by atoms with E-state index in [1.807, 2.05) is 0 Å². The smallest absolute Gasteiger partial charge is 0.122 e. The van der Waals surface area contributed by atoms with Gasteiger partial charge in [-0.25, -0.2) is 0 Å². The van der Waals surface area contributed by atoms with Crippen molar-refractivity contribution in [3.63, 3.8) is 0 Å². The molecule has 2 saturated heterocycles. The molecule has 1 aromatic carbocycles. The van der Waals surface area contributed by atoms with E-state index in [1.54, 1.807) is 7.11 Å². The molecule has 110 valence electrons. The molecule has 1 aromatic rings. The zero-order valence-electron chi connectivity index (χ0n) is 12.4. The first-order valence-corrected chi connectivity index (χ1v) is 7.80. The molecule has 0 radical (unpaired) electrons. The van der Waals surface area contributed by atoms with E-state index in [1.165, 1.54) is 44.5 Å². The first-order valence-electron chi connectivity index (χ1n) is 7.80. The van der Waals surface area contributed by atoms with Gasteiger partial charge < -0.3 is 14.4 Å². The van der Waals surface area contributed by atoms with Gasteiger partial charge in [0.15, 0.2) is 0 Å². The number of nitrogens with zero attached hydrogens (tertiary/aromatic N) is 1. The molecule has 0 aromatic heterocycles. The summed E-state index contributed by atoms with van der Waals surface area (Å²) in [5, 5.41) is 0. The van der Waals surface area contributed by atoms with Crippen molar-refractivity contribution in [2.75, 3.05) is 40.0 Å². The maximum atomic E-state index is 5.50. The van der Waals surface area contributed by atoms with Gasteiger partial charge in [-0.3, -0.25) is 0 Å². The molecule has 0 saturated carbocycles. The van der Waals surface area contributed by atoms with Gasteiger partial charge in [0.05, 0.1) is 13.7 Å². The Morgan fingerprint density at radius 2 is 2.00 bits per heavy atom. The highest BCUT2D eigenvalue weighted by atomic mass is 16.5. The summed E-state index contributed by atoms with van der Waals surface area (Å²) >= 11 is 0. The van der Waals surface area contributed by atoms with Crippen molar-refractivity contribution in [3.8, 4) is 5.75 Å². The van der Waals surface area contributed by atoms with Gasteiger partial charge in [-0.1, -0.05) is 18.2 Å². The summed E-state index contributed by atoms with van der Waals surface area (Å²) in [6.07, 6.45) is 3.73. The van der Waals surface area contributed by atoms with Crippen molar-refractivity contribution < 1.29 is 9.47 Å². The number of para-hydroxylation sites is 1. The van der Waals surface area contributed by atoms with Crippen LogP contribution in [0, 0.1) is 5.92 Å². The van der Waals surface area contributed by atoms with Crippen molar-refractivity contribution in [1.82, 2.24) is 4.90 Å². The monoisotopic (exact) mass is 275 g/mol. The van der Waals surface area contributed by atoms with Crippen LogP contribution in [0.1, 0.15) is 30.7 Å². The topological polar surface area (TPSA) is 21.7 Å². The van der Waals surface area contributed by atoms with Crippen molar-refractivity contribution in [2.45, 2.75) is 25.2 Å². The lowest BCUT2D eigenvalue weighted by molar-refractivity contribution is 0.152. The van der Waals surface area contributed by atoms with Crippen LogP contribution in [0.25, 0.3) is 0 Å². The van der Waals surface area contributed by atoms with Gasteiger partial charge in [-0.15, -0.1) is 0 Å². The standard InChI is InChI=1S/C17H25NO2/c1-19-17-5-3-2-4-16(17)15-6-9-18(10-7-15)12-14-8-11-20-13-14/h2-5,14-15H,6-13H2,1H3. The van der Waals surface area contributed by atoms with Gasteiger partial charge in [0.1, 0.15) is 5.75 Å². The average Bonchev–Trinajstić information content (AvgIpc) is 3.01. The molecule has 1 atom stereocenters. The fraction of sp³-hybridized carbons (Fsp3) is 0.647. The van der Waals surface area contributed by atoms with Gasteiger partial charge in [-0.05, 0) is 55.8 Å². The lowest BCUT2D eigenvalue weighted by Crippen LogP contribution is -2.36. The molecule has 3 heteroatoms. The lowest BCUT2D eigenvalue weighted by atomic mass is 9.88. The molecular weight excluding hydrogens is 250 g/mol. The number of likely N-dealkylation sites (tertiary alicyclic amines) is 1. The summed E-state index contributed by atoms with van der Waals surface area (Å²) < 4.78 is 11.0. The van der Waals surface area contributed by atoms with Crippen LogP contribution in [0.15, 0.2) is 24.3 Å². The second-order valence-corrected chi connectivity index (χ2v) is 6.05. The van der Waals surface area contributed by atoms with E-state index in [0.29, 0.717) is 5.92 Å². The largest absolute Gasteiger partial charge is 0.496 e. The zero-order valence-corrected chi connectivity index (χ0v) is 12.4. The Morgan fingerprint density at radius 3 is 2.70 bits per heavy atom. The Kier molecular flexibility index (Phi) is 4.58. The molecule has 2 aliphatic rings. The Labute approximate surface area is 121 Å². The summed E-state index contributed by atoms with van der Waals surface area (Å²) in [5.41, 5.74) is 1.39. The van der Waals surface area contributed by atoms with Crippen molar-refractivity contribution in [2.24, 2.45) is 5.92 Å². The summed E-state index contributed by atoms with van der Waals surface area (Å²) in [6.45, 7) is 5.56. The Bertz CT molecular complexity index is 421. The molecule has 20 heavy (non-hydrogen) atoms. The summed E-state index contributed by atoms with van der Waals surface area (Å²) in [7, 11) is 1.77. The predicted molar refractivity (Wildman–Crippen MR) is 80.3 cm³/mol. The second kappa shape index (κ2) is 6.59. The van der Waals surface area contributed by atoms with Crippen LogP contribution in [0.2, 0.25) is 0 Å². The van der Waals surface area contributed by atoms with E-state index in [2.05, 4.69) is 29.2 Å². The minimum Gasteiger partial charge on any atom is -0.496 e. The molecule has 3 rings (SSSR count). The number of hydrogen-bond donors (Lipinski definition) is 0. The van der Waals surface area contributed by atoms with Crippen LogP contribution in [0.5, 0.6) is 5.75 Å². The van der Waals surface area contributed by atoms with Crippen LogP contribution in [-0.4, -0.2) is 44.9 Å². The highest BCUT2D eigenvalue weighted by Crippen LogP contribution is 2.34. The number of ether oxygens (including phenoxy) is 2. The molecule has 3 nitrogen and oxygen atoms in total. The SMILES string of the molecule is COc1ccccc1C1CCN(CC2CCOC2)CC1. The molecule has 2 fully saturated rings. The van der Waals surface area contributed by atoms with Gasteiger partial charge >= 0.3 is 0 Å². The number of benzene rings is 1. The number of piperidine rings is 1. The number of rotatable bonds is 4. The fourth-order valence-corrected chi connectivity index (χ4v) is 3.52. The third-order valence-corrected chi connectivity index (χ3v) is 4.71. The van der Waals surface area contributed by atoms with E-state index in [9.17, 15) is 0 Å². The third kappa shape index (κ3) is 3.15. The Morgan fingerprint density at radius 1 is 1.20 bits per heavy atom. The van der Waals surface area contributed by atoms with E-state index >= 15 is 0 Å². The summed E-state index contributed by atoms with van der Waals surface area (Å²) in [5.74, 6) is 2.47. The average molecular weight is 275 g/mol. The third-order valence-electron chi connectivity index (χ3n) is 4.71. The minimum absolute atomic E-state index is 0.655. The predicted octanol–water partition coefficient (Wildman–Crippen LogP) is 2.91. The Balaban J connectivity index is 1.55. The van der Waals surface area contributed by atoms with E-state index < -0.39 is 0 Å². The molecule has 2 aliphatic heterocycles. The maximum absolute atomic E-state index is 5.50. The van der Waals surface area contributed by atoms with Crippen LogP contribution >= 0.6 is 0 Å². The van der Waals surface area contributed by atoms with Gasteiger partial charge in [0.25, 0.3) is 0 Å². The van der Waals surface area contributed by atoms with Crippen LogP contribution in [0.3, 0.4) is 0 Å². The zero-order chi connectivity index (χ0) is 13.8. The van der Waals surface area contributed by atoms with Crippen molar-refractivity contribution in [1.29, 1.82) is 0 Å². The lowest BCUT2D eigenvalue weighted by Gasteiger charge is -2.33. The van der Waals surface area contributed by atoms with Crippen LogP contribution in [-0.2, 0) is 4.74 Å². The van der Waals surface area contributed by atoms with Gasteiger partial charge in [-0.2, -0.15) is 0 Å². The van der Waals surface area contributed by atoms with Crippen LogP contribution < -0.4 is 4.74 Å². The highest BCUT2D eigenvalue weighted by molar-refractivity contribution is 5.36. The molecular formula is C17H25NO2.